The molecule has 6 heteroatoms. The highest BCUT2D eigenvalue weighted by Gasteiger charge is 2.22. The lowest BCUT2D eigenvalue weighted by atomic mass is 9.95. The van der Waals surface area contributed by atoms with Gasteiger partial charge in [-0.25, -0.2) is 4.99 Å². The Balaban J connectivity index is 1.66. The summed E-state index contributed by atoms with van der Waals surface area (Å²) in [6.45, 7) is 0. The topological polar surface area (TPSA) is 44.7 Å². The Bertz CT molecular complexity index is 789. The van der Waals surface area contributed by atoms with Crippen LogP contribution < -0.4 is 5.32 Å². The van der Waals surface area contributed by atoms with Crippen molar-refractivity contribution >= 4 is 45.8 Å². The molecule has 2 aromatic carbocycles. The molecule has 1 amide bonds. The monoisotopic (exact) mass is 415 g/mol. The van der Waals surface area contributed by atoms with E-state index in [1.807, 2.05) is 30.3 Å². The zero-order valence-corrected chi connectivity index (χ0v) is 17.7. The molecule has 0 atom stereocenters. The van der Waals surface area contributed by atoms with Crippen LogP contribution in [0.5, 0.6) is 0 Å². The van der Waals surface area contributed by atoms with Gasteiger partial charge in [-0.15, -0.1) is 0 Å². The number of rotatable bonds is 5. The van der Waals surface area contributed by atoms with Crippen LogP contribution in [-0.2, 0) is 4.79 Å². The van der Waals surface area contributed by atoms with Crippen LogP contribution in [0.3, 0.4) is 0 Å². The number of carbonyl (C=O) groups is 1. The SMILES string of the molecule is CN(C(=Nc1ccccc1)SCC(=O)Nc1ccc(Cl)cc1)C1CCCCC1. The highest BCUT2D eigenvalue weighted by molar-refractivity contribution is 8.14. The molecule has 0 saturated heterocycles. The molecule has 148 valence electrons. The molecule has 0 bridgehead atoms. The molecule has 1 aliphatic carbocycles. The average Bonchev–Trinajstić information content (AvgIpc) is 2.73. The number of nitrogens with zero attached hydrogens (tertiary/aromatic N) is 2. The molecule has 4 nitrogen and oxygen atoms in total. The Kier molecular flexibility index (Phi) is 7.80. The number of hydrogen-bond acceptors (Lipinski definition) is 3. The van der Waals surface area contributed by atoms with Crippen LogP contribution in [-0.4, -0.2) is 34.8 Å². The maximum Gasteiger partial charge on any atom is 0.234 e. The Hall–Kier alpha value is -1.98. The number of anilines is 1. The Morgan fingerprint density at radius 3 is 2.46 bits per heavy atom. The molecule has 0 heterocycles. The fourth-order valence-electron chi connectivity index (χ4n) is 3.31. The number of halogens is 1. The summed E-state index contributed by atoms with van der Waals surface area (Å²) in [5.74, 6) is 0.260. The Labute approximate surface area is 176 Å². The van der Waals surface area contributed by atoms with E-state index in [0.29, 0.717) is 16.8 Å². The second kappa shape index (κ2) is 10.5. The molecule has 0 aliphatic heterocycles. The van der Waals surface area contributed by atoms with Gasteiger partial charge in [0.1, 0.15) is 0 Å². The Morgan fingerprint density at radius 1 is 1.11 bits per heavy atom. The van der Waals surface area contributed by atoms with Gasteiger partial charge in [0, 0.05) is 23.8 Å². The van der Waals surface area contributed by atoms with E-state index in [1.54, 1.807) is 24.3 Å². The van der Waals surface area contributed by atoms with Crippen molar-refractivity contribution in [2.75, 3.05) is 18.1 Å². The lowest BCUT2D eigenvalue weighted by molar-refractivity contribution is -0.113. The third kappa shape index (κ3) is 6.28. The van der Waals surface area contributed by atoms with Crippen molar-refractivity contribution in [2.45, 2.75) is 38.1 Å². The van der Waals surface area contributed by atoms with Crippen LogP contribution in [0.2, 0.25) is 5.02 Å². The maximum atomic E-state index is 12.4. The third-order valence-electron chi connectivity index (χ3n) is 4.87. The van der Waals surface area contributed by atoms with Crippen molar-refractivity contribution in [1.29, 1.82) is 0 Å². The van der Waals surface area contributed by atoms with Gasteiger partial charge in [-0.2, -0.15) is 0 Å². The number of carbonyl (C=O) groups excluding carboxylic acids is 1. The summed E-state index contributed by atoms with van der Waals surface area (Å²) in [5.41, 5.74) is 1.66. The largest absolute Gasteiger partial charge is 0.351 e. The van der Waals surface area contributed by atoms with Crippen LogP contribution in [0, 0.1) is 0 Å². The molecule has 1 aliphatic rings. The maximum absolute atomic E-state index is 12.4. The molecule has 3 rings (SSSR count). The minimum Gasteiger partial charge on any atom is -0.351 e. The molecule has 2 aromatic rings. The molecule has 0 radical (unpaired) electrons. The molecule has 1 fully saturated rings. The van der Waals surface area contributed by atoms with Crippen LogP contribution in [0.25, 0.3) is 0 Å². The van der Waals surface area contributed by atoms with Crippen molar-refractivity contribution < 1.29 is 4.79 Å². The number of benzene rings is 2. The third-order valence-corrected chi connectivity index (χ3v) is 6.16. The van der Waals surface area contributed by atoms with Gasteiger partial charge in [-0.05, 0) is 49.2 Å². The smallest absolute Gasteiger partial charge is 0.234 e. The molecule has 0 spiro atoms. The van der Waals surface area contributed by atoms with Crippen LogP contribution in [0.15, 0.2) is 59.6 Å². The molecule has 0 aromatic heterocycles. The molecule has 28 heavy (non-hydrogen) atoms. The number of amides is 1. The predicted molar refractivity (Wildman–Crippen MR) is 121 cm³/mol. The summed E-state index contributed by atoms with van der Waals surface area (Å²) < 4.78 is 0. The predicted octanol–water partition coefficient (Wildman–Crippen LogP) is 5.96. The van der Waals surface area contributed by atoms with Gasteiger partial charge < -0.3 is 10.2 Å². The van der Waals surface area contributed by atoms with Gasteiger partial charge >= 0.3 is 0 Å². The normalized spacial score (nSPS) is 15.3. The van der Waals surface area contributed by atoms with E-state index in [0.717, 1.165) is 16.5 Å². The summed E-state index contributed by atoms with van der Waals surface area (Å²) in [7, 11) is 2.10. The van der Waals surface area contributed by atoms with E-state index < -0.39 is 0 Å². The zero-order valence-electron chi connectivity index (χ0n) is 16.1. The van der Waals surface area contributed by atoms with E-state index >= 15 is 0 Å². The van der Waals surface area contributed by atoms with Crippen molar-refractivity contribution in [3.05, 3.63) is 59.6 Å². The van der Waals surface area contributed by atoms with E-state index in [1.165, 1.54) is 43.9 Å². The molecule has 1 N–H and O–H groups in total. The van der Waals surface area contributed by atoms with Crippen molar-refractivity contribution in [2.24, 2.45) is 4.99 Å². The first kappa shape index (κ1) is 20.7. The second-order valence-corrected chi connectivity index (χ2v) is 8.36. The Morgan fingerprint density at radius 2 is 1.79 bits per heavy atom. The standard InChI is InChI=1S/C22H26ClN3OS/c1-26(20-10-6-3-7-11-20)22(25-18-8-4-2-5-9-18)28-16-21(27)24-19-14-12-17(23)13-15-19/h2,4-5,8-9,12-15,20H,3,6-7,10-11,16H2,1H3,(H,24,27). The van der Waals surface area contributed by atoms with Gasteiger partial charge in [0.2, 0.25) is 5.91 Å². The highest BCUT2D eigenvalue weighted by Crippen LogP contribution is 2.26. The zero-order chi connectivity index (χ0) is 19.8. The summed E-state index contributed by atoms with van der Waals surface area (Å²) >= 11 is 7.38. The van der Waals surface area contributed by atoms with Crippen LogP contribution in [0.1, 0.15) is 32.1 Å². The number of para-hydroxylation sites is 1. The molecular formula is C22H26ClN3OS. The van der Waals surface area contributed by atoms with Gasteiger partial charge in [0.05, 0.1) is 11.4 Å². The van der Waals surface area contributed by atoms with Crippen LogP contribution in [0.4, 0.5) is 11.4 Å². The van der Waals surface area contributed by atoms with Gasteiger partial charge in [0.25, 0.3) is 0 Å². The summed E-state index contributed by atoms with van der Waals surface area (Å²) in [4.78, 5) is 19.5. The van der Waals surface area contributed by atoms with E-state index in [-0.39, 0.29) is 5.91 Å². The number of nitrogens with one attached hydrogen (secondary N) is 1. The first-order chi connectivity index (χ1) is 13.6. The fraction of sp³-hybridized carbons (Fsp3) is 0.364. The second-order valence-electron chi connectivity index (χ2n) is 6.98. The van der Waals surface area contributed by atoms with Gasteiger partial charge in [-0.3, -0.25) is 4.79 Å². The van der Waals surface area contributed by atoms with E-state index in [4.69, 9.17) is 16.6 Å². The summed E-state index contributed by atoms with van der Waals surface area (Å²) in [6.07, 6.45) is 6.19. The lowest BCUT2D eigenvalue weighted by Gasteiger charge is -2.33. The lowest BCUT2D eigenvalue weighted by Crippen LogP contribution is -2.37. The van der Waals surface area contributed by atoms with Crippen molar-refractivity contribution in [3.63, 3.8) is 0 Å². The van der Waals surface area contributed by atoms with Gasteiger partial charge in [0.15, 0.2) is 5.17 Å². The number of hydrogen-bond donors (Lipinski definition) is 1. The summed E-state index contributed by atoms with van der Waals surface area (Å²) in [6, 6.07) is 17.6. The van der Waals surface area contributed by atoms with Gasteiger partial charge in [-0.1, -0.05) is 60.8 Å². The summed E-state index contributed by atoms with van der Waals surface area (Å²) in [5, 5.41) is 4.46. The van der Waals surface area contributed by atoms with Crippen molar-refractivity contribution in [1.82, 2.24) is 4.90 Å². The number of amidine groups is 1. The van der Waals surface area contributed by atoms with E-state index in [9.17, 15) is 4.79 Å². The van der Waals surface area contributed by atoms with Crippen LogP contribution >= 0.6 is 23.4 Å². The molecule has 0 unspecified atom stereocenters. The quantitative estimate of drug-likeness (QED) is 0.483. The number of thioether (sulfide) groups is 1. The fourth-order valence-corrected chi connectivity index (χ4v) is 4.29. The minimum absolute atomic E-state index is 0.0508. The number of aliphatic imine (C=N–C) groups is 1. The molecular weight excluding hydrogens is 390 g/mol. The first-order valence-electron chi connectivity index (χ1n) is 9.66. The molecule has 1 saturated carbocycles. The first-order valence-corrected chi connectivity index (χ1v) is 11.0. The van der Waals surface area contributed by atoms with E-state index in [2.05, 4.69) is 17.3 Å². The minimum atomic E-state index is -0.0508. The average molecular weight is 416 g/mol. The van der Waals surface area contributed by atoms with Crippen molar-refractivity contribution in [3.8, 4) is 0 Å². The highest BCUT2D eigenvalue weighted by atomic mass is 35.5.